The molecule has 3 unspecified atom stereocenters. The van der Waals surface area contributed by atoms with E-state index in [-0.39, 0.29) is 0 Å². The molecule has 0 radical (unpaired) electrons. The summed E-state index contributed by atoms with van der Waals surface area (Å²) in [5, 5.41) is 11.2. The molecule has 0 saturated heterocycles. The van der Waals surface area contributed by atoms with Crippen LogP contribution in [0.2, 0.25) is 0 Å². The Labute approximate surface area is 56.4 Å². The first kappa shape index (κ1) is 7.03. The molecule has 54 valence electrons. The maximum Gasteiger partial charge on any atom is 0.0799 e. The first-order valence-corrected chi connectivity index (χ1v) is 3.75. The van der Waals surface area contributed by atoms with Crippen LogP contribution in [0.5, 0.6) is 0 Å². The van der Waals surface area contributed by atoms with Gasteiger partial charge in [-0.3, -0.25) is 0 Å². The van der Waals surface area contributed by atoms with Crippen LogP contribution in [0, 0.1) is 17.0 Å². The molecular formula is C7H15NO. The Kier molecular flexibility index (Phi) is 2.09. The highest BCUT2D eigenvalue weighted by molar-refractivity contribution is 4.81. The minimum Gasteiger partial charge on any atom is -0.634 e. The summed E-state index contributed by atoms with van der Waals surface area (Å²) in [6.07, 6.45) is 1.28. The minimum atomic E-state index is 0.435. The summed E-state index contributed by atoms with van der Waals surface area (Å²) in [6.45, 7) is 5.73. The van der Waals surface area contributed by atoms with Crippen LogP contribution < -0.4 is 5.06 Å². The van der Waals surface area contributed by atoms with Crippen molar-refractivity contribution in [2.24, 2.45) is 11.8 Å². The van der Waals surface area contributed by atoms with E-state index in [1.165, 1.54) is 6.42 Å². The molecule has 0 heterocycles. The van der Waals surface area contributed by atoms with Crippen LogP contribution in [0.15, 0.2) is 0 Å². The van der Waals surface area contributed by atoms with E-state index in [0.29, 0.717) is 5.06 Å². The number of quaternary nitrogens is 1. The average Bonchev–Trinajstić information content (AvgIpc) is 2.47. The van der Waals surface area contributed by atoms with Gasteiger partial charge in [0.15, 0.2) is 0 Å². The molecule has 2 nitrogen and oxygen atoms in total. The summed E-state index contributed by atoms with van der Waals surface area (Å²) in [5.41, 5.74) is 0. The topological polar surface area (TPSA) is 27.5 Å². The Morgan fingerprint density at radius 2 is 2.22 bits per heavy atom. The molecule has 1 rings (SSSR count). The smallest absolute Gasteiger partial charge is 0.0799 e. The van der Waals surface area contributed by atoms with E-state index in [1.807, 2.05) is 6.92 Å². The van der Waals surface area contributed by atoms with E-state index in [9.17, 15) is 5.21 Å². The van der Waals surface area contributed by atoms with Gasteiger partial charge in [-0.2, -0.15) is 0 Å². The van der Waals surface area contributed by atoms with Crippen molar-refractivity contribution in [3.8, 4) is 0 Å². The quantitative estimate of drug-likeness (QED) is 0.535. The molecule has 1 fully saturated rings. The highest BCUT2D eigenvalue weighted by Gasteiger charge is 2.34. The molecule has 0 aromatic heterocycles. The molecule has 1 aliphatic rings. The van der Waals surface area contributed by atoms with Gasteiger partial charge in [-0.15, -0.1) is 0 Å². The van der Waals surface area contributed by atoms with E-state index < -0.39 is 0 Å². The number of hydrogen-bond acceptors (Lipinski definition) is 1. The van der Waals surface area contributed by atoms with Crippen LogP contribution in [-0.4, -0.2) is 13.1 Å². The first-order valence-electron chi connectivity index (χ1n) is 3.75. The summed E-state index contributed by atoms with van der Waals surface area (Å²) >= 11 is 0. The number of hydrogen-bond donors (Lipinski definition) is 1. The monoisotopic (exact) mass is 129 g/mol. The molecule has 0 aromatic rings. The van der Waals surface area contributed by atoms with Gasteiger partial charge < -0.3 is 10.3 Å². The molecule has 3 atom stereocenters. The van der Waals surface area contributed by atoms with Gasteiger partial charge >= 0.3 is 0 Å². The SMILES string of the molecule is CC[NH+]([O-])CC1CC1C. The largest absolute Gasteiger partial charge is 0.634 e. The summed E-state index contributed by atoms with van der Waals surface area (Å²) in [7, 11) is 0. The third-order valence-electron chi connectivity index (χ3n) is 2.16. The number of hydroxylamine groups is 2. The zero-order valence-electron chi connectivity index (χ0n) is 6.18. The van der Waals surface area contributed by atoms with Crippen molar-refractivity contribution in [2.45, 2.75) is 20.3 Å². The predicted molar refractivity (Wildman–Crippen MR) is 37.0 cm³/mol. The lowest BCUT2D eigenvalue weighted by molar-refractivity contribution is -0.848. The van der Waals surface area contributed by atoms with E-state index in [0.717, 1.165) is 24.9 Å². The van der Waals surface area contributed by atoms with Gasteiger partial charge in [0.2, 0.25) is 0 Å². The molecule has 0 aromatic carbocycles. The molecule has 0 aliphatic heterocycles. The van der Waals surface area contributed by atoms with Crippen LogP contribution in [-0.2, 0) is 0 Å². The van der Waals surface area contributed by atoms with Gasteiger partial charge in [0, 0.05) is 5.92 Å². The second-order valence-electron chi connectivity index (χ2n) is 3.07. The highest BCUT2D eigenvalue weighted by Crippen LogP contribution is 2.35. The van der Waals surface area contributed by atoms with Crippen molar-refractivity contribution in [3.63, 3.8) is 0 Å². The van der Waals surface area contributed by atoms with Crippen LogP contribution >= 0.6 is 0 Å². The van der Waals surface area contributed by atoms with Crippen LogP contribution in [0.4, 0.5) is 0 Å². The second kappa shape index (κ2) is 2.67. The van der Waals surface area contributed by atoms with Gasteiger partial charge in [0.05, 0.1) is 13.1 Å². The Hall–Kier alpha value is -0.0800. The van der Waals surface area contributed by atoms with E-state index in [4.69, 9.17) is 0 Å². The van der Waals surface area contributed by atoms with Gasteiger partial charge in [-0.25, -0.2) is 0 Å². The van der Waals surface area contributed by atoms with E-state index >= 15 is 0 Å². The minimum absolute atomic E-state index is 0.435. The maximum absolute atomic E-state index is 10.8. The van der Waals surface area contributed by atoms with Crippen molar-refractivity contribution in [1.82, 2.24) is 0 Å². The van der Waals surface area contributed by atoms with Gasteiger partial charge in [-0.1, -0.05) is 6.92 Å². The van der Waals surface area contributed by atoms with Crippen molar-refractivity contribution < 1.29 is 5.06 Å². The standard InChI is InChI=1S/C7H15NO/c1-3-8(9)5-7-4-6(7)2/h6-8H,3-5H2,1-2H3. The fourth-order valence-electron chi connectivity index (χ4n) is 1.12. The van der Waals surface area contributed by atoms with Crippen molar-refractivity contribution in [3.05, 3.63) is 5.21 Å². The van der Waals surface area contributed by atoms with Crippen molar-refractivity contribution >= 4 is 0 Å². The molecule has 0 spiro atoms. The second-order valence-corrected chi connectivity index (χ2v) is 3.07. The summed E-state index contributed by atoms with van der Waals surface area (Å²) in [6, 6.07) is 0. The predicted octanol–water partition coefficient (Wildman–Crippen LogP) is 0.0450. The zero-order chi connectivity index (χ0) is 6.85. The van der Waals surface area contributed by atoms with Crippen LogP contribution in [0.3, 0.4) is 0 Å². The Bertz CT molecular complexity index is 92.9. The van der Waals surface area contributed by atoms with Gasteiger partial charge in [-0.05, 0) is 19.3 Å². The lowest BCUT2D eigenvalue weighted by Crippen LogP contribution is -3.07. The fraction of sp³-hybridized carbons (Fsp3) is 1.00. The molecule has 0 amide bonds. The molecule has 1 saturated carbocycles. The third-order valence-corrected chi connectivity index (χ3v) is 2.16. The average molecular weight is 129 g/mol. The lowest BCUT2D eigenvalue weighted by atomic mass is 10.3. The van der Waals surface area contributed by atoms with Gasteiger partial charge in [0.1, 0.15) is 0 Å². The molecule has 2 heteroatoms. The van der Waals surface area contributed by atoms with Gasteiger partial charge in [0.25, 0.3) is 0 Å². The normalized spacial score (nSPS) is 36.3. The van der Waals surface area contributed by atoms with Crippen molar-refractivity contribution in [1.29, 1.82) is 0 Å². The number of nitrogens with one attached hydrogen (secondary N) is 1. The summed E-state index contributed by atoms with van der Waals surface area (Å²) < 4.78 is 0. The van der Waals surface area contributed by atoms with Crippen LogP contribution in [0.25, 0.3) is 0 Å². The first-order chi connectivity index (χ1) is 4.24. The number of rotatable bonds is 3. The van der Waals surface area contributed by atoms with E-state index in [2.05, 4.69) is 6.92 Å². The Morgan fingerprint density at radius 1 is 1.67 bits per heavy atom. The molecular weight excluding hydrogens is 114 g/mol. The van der Waals surface area contributed by atoms with Crippen molar-refractivity contribution in [2.75, 3.05) is 13.1 Å². The lowest BCUT2D eigenvalue weighted by Gasteiger charge is -2.19. The molecule has 0 bridgehead atoms. The molecule has 1 aliphatic carbocycles. The Morgan fingerprint density at radius 3 is 2.56 bits per heavy atom. The van der Waals surface area contributed by atoms with E-state index in [1.54, 1.807) is 0 Å². The maximum atomic E-state index is 10.8. The third kappa shape index (κ3) is 1.95. The molecule has 9 heavy (non-hydrogen) atoms. The summed E-state index contributed by atoms with van der Waals surface area (Å²) in [5.74, 6) is 1.58. The molecule has 1 N–H and O–H groups in total. The fourth-order valence-corrected chi connectivity index (χ4v) is 1.12. The Balaban J connectivity index is 2.05. The highest BCUT2D eigenvalue weighted by atomic mass is 16.5. The zero-order valence-corrected chi connectivity index (χ0v) is 6.18. The summed E-state index contributed by atoms with van der Waals surface area (Å²) in [4.78, 5) is 0. The van der Waals surface area contributed by atoms with Crippen LogP contribution in [0.1, 0.15) is 20.3 Å².